The molecule has 3 rings (SSSR count). The first kappa shape index (κ1) is 28.3. The number of unbranched alkanes of at least 4 members (excludes halogenated alkanes) is 1. The normalized spacial score (nSPS) is 11.3. The van der Waals surface area contributed by atoms with Gasteiger partial charge in [-0.2, -0.15) is 0 Å². The molecule has 2 amide bonds. The number of sulfonamides is 1. The van der Waals surface area contributed by atoms with E-state index in [9.17, 15) is 23.1 Å². The van der Waals surface area contributed by atoms with Gasteiger partial charge in [-0.1, -0.05) is 62.7 Å². The van der Waals surface area contributed by atoms with E-state index in [1.165, 1.54) is 17.8 Å². The number of benzene rings is 2. The maximum Gasteiger partial charge on any atom is 0.357 e. The minimum atomic E-state index is -4.09. The number of carbonyl (C=O) groups is 2. The molecule has 3 N–H and O–H groups in total. The third kappa shape index (κ3) is 6.92. The highest BCUT2D eigenvalue weighted by atomic mass is 32.2. The molecule has 11 heteroatoms. The van der Waals surface area contributed by atoms with E-state index in [2.05, 4.69) is 21.9 Å². The smallest absolute Gasteiger partial charge is 0.357 e. The number of carboxylic acids is 1. The van der Waals surface area contributed by atoms with Crippen LogP contribution < -0.4 is 10.0 Å². The number of nitrogens with one attached hydrogen (secondary N) is 2. The van der Waals surface area contributed by atoms with E-state index in [1.54, 1.807) is 18.2 Å². The summed E-state index contributed by atoms with van der Waals surface area (Å²) < 4.78 is 29.9. The number of nitrogens with zero attached hydrogens (tertiary/aromatic N) is 2. The maximum absolute atomic E-state index is 12.9. The van der Waals surface area contributed by atoms with Crippen molar-refractivity contribution in [2.75, 3.05) is 12.8 Å². The van der Waals surface area contributed by atoms with Gasteiger partial charge >= 0.3 is 12.0 Å². The molecular weight excluding hydrogens is 512 g/mol. The fourth-order valence-corrected chi connectivity index (χ4v) is 5.76. The predicted octanol–water partition coefficient (Wildman–Crippen LogP) is 4.76. The molecule has 0 aliphatic carbocycles. The molecule has 0 spiro atoms. The number of imidazole rings is 1. The highest BCUT2D eigenvalue weighted by Gasteiger charge is 2.23. The number of hydrogen-bond donors (Lipinski definition) is 3. The quantitative estimate of drug-likeness (QED) is 0.280. The van der Waals surface area contributed by atoms with Gasteiger partial charge in [-0.05, 0) is 36.3 Å². The lowest BCUT2D eigenvalue weighted by Gasteiger charge is -2.14. The second-order valence-electron chi connectivity index (χ2n) is 8.44. The van der Waals surface area contributed by atoms with E-state index >= 15 is 0 Å². The lowest BCUT2D eigenvalue weighted by atomic mass is 10.0. The van der Waals surface area contributed by atoms with Gasteiger partial charge in [0.05, 0.1) is 4.90 Å². The number of aromatic nitrogens is 2. The number of amides is 2. The zero-order chi connectivity index (χ0) is 27.0. The van der Waals surface area contributed by atoms with E-state index in [-0.39, 0.29) is 10.6 Å². The van der Waals surface area contributed by atoms with E-state index in [1.807, 2.05) is 42.0 Å². The van der Waals surface area contributed by atoms with Crippen LogP contribution in [0.1, 0.15) is 55.0 Å². The Morgan fingerprint density at radius 2 is 1.76 bits per heavy atom. The summed E-state index contributed by atoms with van der Waals surface area (Å²) in [6.07, 6.45) is 5.07. The highest BCUT2D eigenvalue weighted by molar-refractivity contribution is 7.98. The zero-order valence-corrected chi connectivity index (χ0v) is 22.8. The van der Waals surface area contributed by atoms with E-state index in [4.69, 9.17) is 0 Å². The molecule has 0 saturated heterocycles. The van der Waals surface area contributed by atoms with Gasteiger partial charge in [0.1, 0.15) is 10.9 Å². The van der Waals surface area contributed by atoms with Crippen molar-refractivity contribution in [1.82, 2.24) is 19.6 Å². The Bertz CT molecular complexity index is 1350. The Morgan fingerprint density at radius 1 is 1.05 bits per heavy atom. The Morgan fingerprint density at radius 3 is 2.38 bits per heavy atom. The van der Waals surface area contributed by atoms with Crippen molar-refractivity contribution >= 4 is 33.8 Å². The van der Waals surface area contributed by atoms with Crippen LogP contribution >= 0.6 is 11.8 Å². The predicted molar refractivity (Wildman–Crippen MR) is 145 cm³/mol. The molecule has 0 aliphatic rings. The van der Waals surface area contributed by atoms with Gasteiger partial charge < -0.3 is 15.0 Å². The third-order valence-corrected chi connectivity index (χ3v) is 7.88. The summed E-state index contributed by atoms with van der Waals surface area (Å²) in [4.78, 5) is 28.1. The summed E-state index contributed by atoms with van der Waals surface area (Å²) >= 11 is 1.35. The van der Waals surface area contributed by atoms with Crippen molar-refractivity contribution in [2.45, 2.75) is 56.0 Å². The fraction of sp³-hybridized carbons (Fsp3) is 0.346. The molecule has 0 radical (unpaired) electrons. The van der Waals surface area contributed by atoms with Crippen LogP contribution in [0.2, 0.25) is 0 Å². The summed E-state index contributed by atoms with van der Waals surface area (Å²) in [5, 5.41) is 12.7. The average molecular weight is 545 g/mol. The summed E-state index contributed by atoms with van der Waals surface area (Å²) in [7, 11) is -4.09. The van der Waals surface area contributed by atoms with Gasteiger partial charge in [-0.15, -0.1) is 11.8 Å². The molecule has 1 heterocycles. The number of carbonyl (C=O) groups excluding carboxylic acids is 1. The van der Waals surface area contributed by atoms with E-state index in [0.717, 1.165) is 24.2 Å². The topological polar surface area (TPSA) is 130 Å². The Kier molecular flexibility index (Phi) is 9.76. The number of carboxylic acid groups (broad SMARTS) is 1. The fourth-order valence-electron chi connectivity index (χ4n) is 3.88. The first-order valence-electron chi connectivity index (χ1n) is 12.1. The second kappa shape index (κ2) is 12.8. The zero-order valence-electron chi connectivity index (χ0n) is 21.2. The number of aromatic carboxylic acids is 1. The van der Waals surface area contributed by atoms with Crippen LogP contribution in [0.3, 0.4) is 0 Å². The monoisotopic (exact) mass is 544 g/mol. The third-order valence-electron chi connectivity index (χ3n) is 5.69. The Balaban J connectivity index is 1.91. The molecule has 0 unspecified atom stereocenters. The number of rotatable bonds is 12. The summed E-state index contributed by atoms with van der Waals surface area (Å²) in [6.45, 7) is 4.76. The number of aryl methyl sites for hydroxylation is 1. The summed E-state index contributed by atoms with van der Waals surface area (Å²) in [5.41, 5.74) is 2.12. The minimum Gasteiger partial charge on any atom is -0.476 e. The van der Waals surface area contributed by atoms with Gasteiger partial charge in [0.25, 0.3) is 10.0 Å². The van der Waals surface area contributed by atoms with Crippen molar-refractivity contribution in [3.63, 3.8) is 0 Å². The molecule has 0 bridgehead atoms. The second-order valence-corrected chi connectivity index (χ2v) is 10.9. The first-order chi connectivity index (χ1) is 17.7. The molecule has 198 valence electrons. The maximum atomic E-state index is 12.9. The van der Waals surface area contributed by atoms with E-state index < -0.39 is 22.0 Å². The molecule has 0 saturated carbocycles. The van der Waals surface area contributed by atoms with Crippen molar-refractivity contribution in [3.05, 3.63) is 65.6 Å². The molecule has 0 atom stereocenters. The number of thioether (sulfide) groups is 1. The average Bonchev–Trinajstić information content (AvgIpc) is 3.23. The van der Waals surface area contributed by atoms with Crippen LogP contribution in [0.4, 0.5) is 4.79 Å². The van der Waals surface area contributed by atoms with E-state index in [0.29, 0.717) is 42.1 Å². The molecule has 3 aromatic rings. The number of urea groups is 1. The van der Waals surface area contributed by atoms with Gasteiger partial charge in [0.2, 0.25) is 0 Å². The lowest BCUT2D eigenvalue weighted by molar-refractivity contribution is 0.0686. The molecular formula is C26H32N4O5S2. The van der Waals surface area contributed by atoms with Crippen molar-refractivity contribution in [3.8, 4) is 11.1 Å². The van der Waals surface area contributed by atoms with Crippen LogP contribution in [0.25, 0.3) is 11.1 Å². The van der Waals surface area contributed by atoms with Crippen molar-refractivity contribution in [2.24, 2.45) is 0 Å². The lowest BCUT2D eigenvalue weighted by Crippen LogP contribution is -2.39. The van der Waals surface area contributed by atoms with Gasteiger partial charge in [-0.25, -0.2) is 27.7 Å². The molecule has 37 heavy (non-hydrogen) atoms. The van der Waals surface area contributed by atoms with Crippen LogP contribution in [0.15, 0.2) is 58.5 Å². The van der Waals surface area contributed by atoms with Crippen LogP contribution in [-0.2, 0) is 23.0 Å². The van der Waals surface area contributed by atoms with Gasteiger partial charge in [-0.3, -0.25) is 0 Å². The van der Waals surface area contributed by atoms with Gasteiger partial charge in [0.15, 0.2) is 5.69 Å². The SMILES string of the molecule is CCCCc1nc(C(=O)O)c(SC)n1Cc1ccc(-c2ccccc2S(=O)(=O)NC(=O)NCCC)cc1. The van der Waals surface area contributed by atoms with Gasteiger partial charge in [0, 0.05) is 25.1 Å². The first-order valence-corrected chi connectivity index (χ1v) is 14.8. The van der Waals surface area contributed by atoms with Crippen LogP contribution in [0, 0.1) is 0 Å². The summed E-state index contributed by atoms with van der Waals surface area (Å²) in [5.74, 6) is -0.317. The standard InChI is InChI=1S/C26H32N4O5S2/c1-4-6-11-22-28-23(25(31)32)24(36-3)30(22)17-18-12-14-19(15-13-18)20-9-7-8-10-21(20)37(34,35)29-26(33)27-16-5-2/h7-10,12-15H,4-6,11,16-17H2,1-3H3,(H,31,32)(H2,27,29,33). The summed E-state index contributed by atoms with van der Waals surface area (Å²) in [6, 6.07) is 13.1. The molecule has 9 nitrogen and oxygen atoms in total. The molecule has 1 aromatic heterocycles. The largest absolute Gasteiger partial charge is 0.476 e. The highest BCUT2D eigenvalue weighted by Crippen LogP contribution is 2.29. The molecule has 0 aliphatic heterocycles. The molecule has 2 aromatic carbocycles. The van der Waals surface area contributed by atoms with Crippen molar-refractivity contribution < 1.29 is 23.1 Å². The van der Waals surface area contributed by atoms with Crippen LogP contribution in [0.5, 0.6) is 0 Å². The minimum absolute atomic E-state index is 0.00151. The van der Waals surface area contributed by atoms with Crippen LogP contribution in [-0.4, -0.2) is 47.9 Å². The Labute approximate surface area is 221 Å². The van der Waals surface area contributed by atoms with Crippen molar-refractivity contribution in [1.29, 1.82) is 0 Å². The number of hydrogen-bond acceptors (Lipinski definition) is 6. The molecule has 0 fully saturated rings. The Hall–Kier alpha value is -3.31.